The molecule has 0 radical (unpaired) electrons. The molecule has 2 aromatic heterocycles. The zero-order valence-electron chi connectivity index (χ0n) is 13.4. The average molecular weight is 351 g/mol. The minimum absolute atomic E-state index is 0.0401. The first-order valence-electron chi connectivity index (χ1n) is 8.33. The third-order valence-corrected chi connectivity index (χ3v) is 4.88. The topological polar surface area (TPSA) is 52.3 Å². The fourth-order valence-corrected chi connectivity index (χ4v) is 3.53. The molecule has 0 saturated carbocycles. The van der Waals surface area contributed by atoms with Gasteiger partial charge in [-0.1, -0.05) is 48.0 Å². The van der Waals surface area contributed by atoms with E-state index in [0.29, 0.717) is 5.02 Å². The maximum atomic E-state index is 6.04. The number of rotatable bonds is 2. The van der Waals surface area contributed by atoms with E-state index in [1.54, 1.807) is 0 Å². The fourth-order valence-electron chi connectivity index (χ4n) is 3.40. The standard InChI is InChI=1S/C19H15ClN4O/c20-13-9-7-12(8-10-13)17-14-4-1-2-5-15(14)18-21-22-19(24(18)23-17)16-6-3-11-25-16/h1-2,4-5,7-10,16H,3,6,11H2/t16-/m1/s1. The van der Waals surface area contributed by atoms with E-state index in [4.69, 9.17) is 21.4 Å². The van der Waals surface area contributed by atoms with E-state index in [1.807, 2.05) is 40.9 Å². The minimum atomic E-state index is -0.0401. The van der Waals surface area contributed by atoms with Gasteiger partial charge in [-0.25, -0.2) is 0 Å². The molecule has 1 aliphatic heterocycles. The fraction of sp³-hybridized carbons (Fsp3) is 0.211. The second-order valence-corrected chi connectivity index (χ2v) is 6.63. The molecular formula is C19H15ClN4O. The Hall–Kier alpha value is -2.50. The Bertz CT molecular complexity index is 1070. The first-order valence-corrected chi connectivity index (χ1v) is 8.70. The highest BCUT2D eigenvalue weighted by molar-refractivity contribution is 6.30. The summed E-state index contributed by atoms with van der Waals surface area (Å²) in [6, 6.07) is 15.9. The highest BCUT2D eigenvalue weighted by Gasteiger charge is 2.25. The lowest BCUT2D eigenvalue weighted by atomic mass is 10.0. The summed E-state index contributed by atoms with van der Waals surface area (Å²) >= 11 is 6.04. The number of nitrogens with zero attached hydrogens (tertiary/aromatic N) is 4. The molecule has 6 heteroatoms. The number of ether oxygens (including phenoxy) is 1. The second-order valence-electron chi connectivity index (χ2n) is 6.20. The van der Waals surface area contributed by atoms with Crippen molar-refractivity contribution in [2.24, 2.45) is 0 Å². The number of halogens is 1. The van der Waals surface area contributed by atoms with Crippen molar-refractivity contribution < 1.29 is 4.74 Å². The second kappa shape index (κ2) is 5.79. The highest BCUT2D eigenvalue weighted by Crippen LogP contribution is 2.32. The summed E-state index contributed by atoms with van der Waals surface area (Å²) in [6.07, 6.45) is 1.95. The van der Waals surface area contributed by atoms with E-state index < -0.39 is 0 Å². The Morgan fingerprint density at radius 2 is 1.80 bits per heavy atom. The molecule has 5 nitrogen and oxygen atoms in total. The van der Waals surface area contributed by atoms with Gasteiger partial charge < -0.3 is 4.74 Å². The quantitative estimate of drug-likeness (QED) is 0.536. The lowest BCUT2D eigenvalue weighted by Gasteiger charge is -2.10. The average Bonchev–Trinajstić information content (AvgIpc) is 3.31. The number of aromatic nitrogens is 4. The lowest BCUT2D eigenvalue weighted by molar-refractivity contribution is 0.103. The van der Waals surface area contributed by atoms with Gasteiger partial charge in [0.25, 0.3) is 0 Å². The van der Waals surface area contributed by atoms with Gasteiger partial charge in [0.05, 0.1) is 5.69 Å². The molecule has 1 fully saturated rings. The molecule has 0 bridgehead atoms. The van der Waals surface area contributed by atoms with Gasteiger partial charge in [-0.05, 0) is 25.0 Å². The predicted octanol–water partition coefficient (Wildman–Crippen LogP) is 4.45. The van der Waals surface area contributed by atoms with E-state index in [1.165, 1.54) is 0 Å². The molecular weight excluding hydrogens is 336 g/mol. The molecule has 0 unspecified atom stereocenters. The van der Waals surface area contributed by atoms with Crippen LogP contribution < -0.4 is 0 Å². The summed E-state index contributed by atoms with van der Waals surface area (Å²) in [5.74, 6) is 0.772. The van der Waals surface area contributed by atoms with Crippen molar-refractivity contribution in [3.05, 3.63) is 59.4 Å². The van der Waals surface area contributed by atoms with Gasteiger partial charge in [0.15, 0.2) is 11.5 Å². The van der Waals surface area contributed by atoms with Gasteiger partial charge >= 0.3 is 0 Å². The zero-order valence-corrected chi connectivity index (χ0v) is 14.1. The zero-order chi connectivity index (χ0) is 16.8. The molecule has 5 rings (SSSR count). The van der Waals surface area contributed by atoms with Crippen molar-refractivity contribution in [1.82, 2.24) is 19.8 Å². The molecule has 1 aliphatic rings. The van der Waals surface area contributed by atoms with Crippen molar-refractivity contribution in [1.29, 1.82) is 0 Å². The Kier molecular flexibility index (Phi) is 3.43. The maximum Gasteiger partial charge on any atom is 0.185 e. The Morgan fingerprint density at radius 3 is 2.56 bits per heavy atom. The minimum Gasteiger partial charge on any atom is -0.370 e. The Balaban J connectivity index is 1.82. The smallest absolute Gasteiger partial charge is 0.185 e. The third-order valence-electron chi connectivity index (χ3n) is 4.62. The van der Waals surface area contributed by atoms with Crippen LogP contribution in [0.2, 0.25) is 5.02 Å². The van der Waals surface area contributed by atoms with Crippen LogP contribution in [-0.2, 0) is 4.74 Å². The normalized spacial score (nSPS) is 17.6. The van der Waals surface area contributed by atoms with Crippen LogP contribution in [-0.4, -0.2) is 26.4 Å². The van der Waals surface area contributed by atoms with Gasteiger partial charge in [-0.15, -0.1) is 10.2 Å². The van der Waals surface area contributed by atoms with E-state index in [9.17, 15) is 0 Å². The Morgan fingerprint density at radius 1 is 1.00 bits per heavy atom. The van der Waals surface area contributed by atoms with Crippen molar-refractivity contribution in [3.8, 4) is 11.3 Å². The van der Waals surface area contributed by atoms with Crippen LogP contribution in [0.15, 0.2) is 48.5 Å². The SMILES string of the molecule is Clc1ccc(-c2nn3c([C@H]4CCCO4)nnc3c3ccccc23)cc1. The van der Waals surface area contributed by atoms with Crippen LogP contribution in [0.5, 0.6) is 0 Å². The van der Waals surface area contributed by atoms with Crippen molar-refractivity contribution in [2.75, 3.05) is 6.61 Å². The van der Waals surface area contributed by atoms with Crippen molar-refractivity contribution in [2.45, 2.75) is 18.9 Å². The molecule has 25 heavy (non-hydrogen) atoms. The van der Waals surface area contributed by atoms with E-state index in [-0.39, 0.29) is 6.10 Å². The molecule has 3 heterocycles. The Labute approximate surface area is 149 Å². The van der Waals surface area contributed by atoms with Gasteiger partial charge in [-0.2, -0.15) is 9.61 Å². The summed E-state index contributed by atoms with van der Waals surface area (Å²) in [4.78, 5) is 0. The van der Waals surface area contributed by atoms with Gasteiger partial charge in [0.1, 0.15) is 6.10 Å². The van der Waals surface area contributed by atoms with Crippen LogP contribution in [0.1, 0.15) is 24.8 Å². The van der Waals surface area contributed by atoms with Gasteiger partial charge in [0, 0.05) is 28.0 Å². The van der Waals surface area contributed by atoms with Crippen LogP contribution in [0.25, 0.3) is 27.7 Å². The van der Waals surface area contributed by atoms with E-state index in [0.717, 1.165) is 52.9 Å². The monoisotopic (exact) mass is 350 g/mol. The first-order chi connectivity index (χ1) is 12.3. The number of hydrogen-bond acceptors (Lipinski definition) is 4. The molecule has 124 valence electrons. The maximum absolute atomic E-state index is 6.04. The summed E-state index contributed by atoms with van der Waals surface area (Å²) in [5.41, 5.74) is 2.66. The first kappa shape index (κ1) is 14.8. The molecule has 0 spiro atoms. The van der Waals surface area contributed by atoms with E-state index in [2.05, 4.69) is 22.3 Å². The molecule has 2 aromatic carbocycles. The molecule has 0 N–H and O–H groups in total. The summed E-state index contributed by atoms with van der Waals surface area (Å²) in [7, 11) is 0. The molecule has 0 amide bonds. The van der Waals surface area contributed by atoms with Crippen LogP contribution >= 0.6 is 11.6 Å². The summed E-state index contributed by atoms with van der Waals surface area (Å²) < 4.78 is 7.63. The van der Waals surface area contributed by atoms with Crippen molar-refractivity contribution in [3.63, 3.8) is 0 Å². The summed E-state index contributed by atoms with van der Waals surface area (Å²) in [6.45, 7) is 0.761. The van der Waals surface area contributed by atoms with Crippen LogP contribution in [0.4, 0.5) is 0 Å². The molecule has 4 aromatic rings. The molecule has 1 atom stereocenters. The predicted molar refractivity (Wildman–Crippen MR) is 96.7 cm³/mol. The summed E-state index contributed by atoms with van der Waals surface area (Å²) in [5, 5.41) is 16.4. The van der Waals surface area contributed by atoms with Crippen LogP contribution in [0.3, 0.4) is 0 Å². The molecule has 1 saturated heterocycles. The molecule has 0 aliphatic carbocycles. The van der Waals surface area contributed by atoms with Crippen molar-refractivity contribution >= 4 is 28.0 Å². The third kappa shape index (κ3) is 2.39. The largest absolute Gasteiger partial charge is 0.370 e. The van der Waals surface area contributed by atoms with Gasteiger partial charge in [0.2, 0.25) is 0 Å². The lowest BCUT2D eigenvalue weighted by Crippen LogP contribution is -2.06. The highest BCUT2D eigenvalue weighted by atomic mass is 35.5. The number of hydrogen-bond donors (Lipinski definition) is 0. The number of benzene rings is 2. The van der Waals surface area contributed by atoms with Crippen LogP contribution in [0, 0.1) is 0 Å². The number of fused-ring (bicyclic) bond motifs is 3. The van der Waals surface area contributed by atoms with Gasteiger partial charge in [-0.3, -0.25) is 0 Å². The van der Waals surface area contributed by atoms with E-state index >= 15 is 0 Å².